The van der Waals surface area contributed by atoms with Gasteiger partial charge in [0.15, 0.2) is 0 Å². The van der Waals surface area contributed by atoms with Gasteiger partial charge in [-0.1, -0.05) is 12.1 Å². The van der Waals surface area contributed by atoms with Crippen molar-refractivity contribution in [3.63, 3.8) is 0 Å². The zero-order valence-electron chi connectivity index (χ0n) is 17.6. The topological polar surface area (TPSA) is 112 Å². The Balaban J connectivity index is 1.11. The summed E-state index contributed by atoms with van der Waals surface area (Å²) in [5, 5.41) is 3.16. The van der Waals surface area contributed by atoms with E-state index in [0.717, 1.165) is 31.2 Å². The van der Waals surface area contributed by atoms with Crippen molar-refractivity contribution in [2.75, 3.05) is 0 Å². The number of nitrogens with one attached hydrogen (secondary N) is 1. The van der Waals surface area contributed by atoms with Crippen molar-refractivity contribution in [1.29, 1.82) is 0 Å². The number of rotatable bonds is 7. The number of hydrogen-bond acceptors (Lipinski definition) is 5. The first kappa shape index (κ1) is 20.2. The summed E-state index contributed by atoms with van der Waals surface area (Å²) >= 11 is 0. The maximum absolute atomic E-state index is 12.7. The normalized spacial score (nSPS) is 23.8. The first-order chi connectivity index (χ1) is 15.5. The van der Waals surface area contributed by atoms with Crippen molar-refractivity contribution in [2.24, 2.45) is 11.1 Å². The molecule has 2 saturated carbocycles. The minimum atomic E-state index is -0.539. The Kier molecular flexibility index (Phi) is 5.13. The van der Waals surface area contributed by atoms with Crippen LogP contribution in [0.1, 0.15) is 52.0 Å². The summed E-state index contributed by atoms with van der Waals surface area (Å²) in [6, 6.07) is 11.2. The Bertz CT molecular complexity index is 1130. The molecule has 0 atom stereocenters. The van der Waals surface area contributed by atoms with E-state index in [2.05, 4.69) is 15.3 Å². The highest BCUT2D eigenvalue weighted by Gasteiger charge is 2.54. The summed E-state index contributed by atoms with van der Waals surface area (Å²) in [7, 11) is 0. The minimum absolute atomic E-state index is 0.0273. The summed E-state index contributed by atoms with van der Waals surface area (Å²) in [5.74, 6) is -0.272. The van der Waals surface area contributed by atoms with Gasteiger partial charge in [0.1, 0.15) is 11.7 Å². The number of aromatic nitrogens is 3. The molecule has 3 N–H and O–H groups in total. The van der Waals surface area contributed by atoms with Gasteiger partial charge in [-0.25, -0.2) is 9.97 Å². The van der Waals surface area contributed by atoms with Gasteiger partial charge in [-0.2, -0.15) is 0 Å². The lowest BCUT2D eigenvalue weighted by Gasteiger charge is -2.57. The molecule has 1 spiro atoms. The van der Waals surface area contributed by atoms with Crippen molar-refractivity contribution in [3.05, 3.63) is 78.0 Å². The number of hydrogen-bond donors (Lipinski definition) is 2. The maximum Gasteiger partial charge on any atom is 0.254 e. The average Bonchev–Trinajstić information content (AvgIpc) is 3.24. The predicted octanol–water partition coefficient (Wildman–Crippen LogP) is 2.55. The van der Waals surface area contributed by atoms with E-state index in [1.54, 1.807) is 30.9 Å². The van der Waals surface area contributed by atoms with Gasteiger partial charge >= 0.3 is 0 Å². The molecule has 2 fully saturated rings. The lowest BCUT2D eigenvalue weighted by Crippen LogP contribution is -2.58. The lowest BCUT2D eigenvalue weighted by molar-refractivity contribution is -0.0848. The standard InChI is InChI=1S/C24H25N5O3/c25-21(30)20-5-2-6-27-23(20)32-19-12-24(13-19)10-18(11-24)28-22(31)17-4-1-3-16(9-17)14-29-8-7-26-15-29/h1-9,15,18-19H,10-14H2,(H2,25,30)(H,28,31). The van der Waals surface area contributed by atoms with Crippen molar-refractivity contribution in [1.82, 2.24) is 19.9 Å². The van der Waals surface area contributed by atoms with Gasteiger partial charge in [0.05, 0.1) is 6.33 Å². The number of carbonyl (C=O) groups is 2. The molecule has 0 radical (unpaired) electrons. The molecule has 0 unspecified atom stereocenters. The smallest absolute Gasteiger partial charge is 0.254 e. The quantitative estimate of drug-likeness (QED) is 0.597. The number of benzene rings is 1. The lowest BCUT2D eigenvalue weighted by atomic mass is 9.53. The van der Waals surface area contributed by atoms with Crippen LogP contribution in [-0.2, 0) is 6.54 Å². The molecular formula is C24H25N5O3. The minimum Gasteiger partial charge on any atom is -0.474 e. The first-order valence-electron chi connectivity index (χ1n) is 10.8. The molecule has 3 aromatic rings. The van der Waals surface area contributed by atoms with Crippen LogP contribution in [0.15, 0.2) is 61.3 Å². The van der Waals surface area contributed by atoms with Crippen molar-refractivity contribution >= 4 is 11.8 Å². The fraction of sp³-hybridized carbons (Fsp3) is 0.333. The molecule has 8 heteroatoms. The number of nitrogens with two attached hydrogens (primary N) is 1. The fourth-order valence-corrected chi connectivity index (χ4v) is 4.91. The van der Waals surface area contributed by atoms with Crippen LogP contribution in [0, 0.1) is 5.41 Å². The van der Waals surface area contributed by atoms with Crippen molar-refractivity contribution < 1.29 is 14.3 Å². The second kappa shape index (κ2) is 8.11. The van der Waals surface area contributed by atoms with Gasteiger partial charge in [0, 0.05) is 36.7 Å². The van der Waals surface area contributed by atoms with Gasteiger partial charge in [-0.05, 0) is 60.9 Å². The van der Waals surface area contributed by atoms with Gasteiger partial charge < -0.3 is 20.4 Å². The van der Waals surface area contributed by atoms with Crippen molar-refractivity contribution in [2.45, 2.75) is 44.4 Å². The van der Waals surface area contributed by atoms with Gasteiger partial charge in [-0.15, -0.1) is 0 Å². The van der Waals surface area contributed by atoms with Gasteiger partial charge in [-0.3, -0.25) is 9.59 Å². The number of amides is 2. The Labute approximate surface area is 185 Å². The molecule has 1 aromatic carbocycles. The van der Waals surface area contributed by atoms with E-state index in [-0.39, 0.29) is 23.5 Å². The molecule has 5 rings (SSSR count). The van der Waals surface area contributed by atoms with E-state index in [4.69, 9.17) is 10.5 Å². The van der Waals surface area contributed by atoms with E-state index in [1.165, 1.54) is 0 Å². The van der Waals surface area contributed by atoms with Crippen LogP contribution >= 0.6 is 0 Å². The summed E-state index contributed by atoms with van der Waals surface area (Å²) in [5.41, 5.74) is 7.65. The van der Waals surface area contributed by atoms with E-state index in [9.17, 15) is 9.59 Å². The third-order valence-corrected chi connectivity index (χ3v) is 6.44. The van der Waals surface area contributed by atoms with E-state index >= 15 is 0 Å². The van der Waals surface area contributed by atoms with Gasteiger partial charge in [0.25, 0.3) is 11.8 Å². The number of pyridine rings is 1. The van der Waals surface area contributed by atoms with Crippen LogP contribution in [0.4, 0.5) is 0 Å². The highest BCUT2D eigenvalue weighted by atomic mass is 16.5. The highest BCUT2D eigenvalue weighted by molar-refractivity contribution is 5.95. The Hall–Kier alpha value is -3.68. The van der Waals surface area contributed by atoms with Crippen LogP contribution in [0.25, 0.3) is 0 Å². The zero-order valence-corrected chi connectivity index (χ0v) is 17.6. The third-order valence-electron chi connectivity index (χ3n) is 6.44. The van der Waals surface area contributed by atoms with E-state index in [1.807, 2.05) is 35.0 Å². The number of primary amides is 1. The molecule has 8 nitrogen and oxygen atoms in total. The Morgan fingerprint density at radius 3 is 2.75 bits per heavy atom. The SMILES string of the molecule is NC(=O)c1cccnc1OC1CC2(CC(NC(=O)c3cccc(Cn4ccnc4)c3)C2)C1. The second-order valence-electron chi connectivity index (χ2n) is 8.88. The first-order valence-corrected chi connectivity index (χ1v) is 10.8. The monoisotopic (exact) mass is 431 g/mol. The molecular weight excluding hydrogens is 406 g/mol. The Morgan fingerprint density at radius 2 is 2.00 bits per heavy atom. The Morgan fingerprint density at radius 1 is 1.16 bits per heavy atom. The number of imidazole rings is 1. The summed E-state index contributed by atoms with van der Waals surface area (Å²) in [4.78, 5) is 32.4. The molecule has 0 bridgehead atoms. The largest absolute Gasteiger partial charge is 0.474 e. The van der Waals surface area contributed by atoms with Gasteiger partial charge in [0.2, 0.25) is 5.88 Å². The zero-order chi connectivity index (χ0) is 22.1. The molecule has 164 valence electrons. The van der Waals surface area contributed by atoms with Crippen molar-refractivity contribution in [3.8, 4) is 5.88 Å². The molecule has 2 heterocycles. The van der Waals surface area contributed by atoms with Crippen LogP contribution < -0.4 is 15.8 Å². The maximum atomic E-state index is 12.7. The molecule has 0 saturated heterocycles. The third kappa shape index (κ3) is 4.08. The molecule has 0 aliphatic heterocycles. The highest BCUT2D eigenvalue weighted by Crippen LogP contribution is 2.56. The summed E-state index contributed by atoms with van der Waals surface area (Å²) in [6.07, 6.45) is 10.7. The summed E-state index contributed by atoms with van der Waals surface area (Å²) in [6.45, 7) is 0.683. The van der Waals surface area contributed by atoms with Crippen LogP contribution in [-0.4, -0.2) is 38.5 Å². The summed E-state index contributed by atoms with van der Waals surface area (Å²) < 4.78 is 7.88. The van der Waals surface area contributed by atoms with Crippen LogP contribution in [0.2, 0.25) is 0 Å². The number of ether oxygens (including phenoxy) is 1. The number of nitrogens with zero attached hydrogens (tertiary/aromatic N) is 3. The van der Waals surface area contributed by atoms with E-state index in [0.29, 0.717) is 23.6 Å². The van der Waals surface area contributed by atoms with Crippen LogP contribution in [0.3, 0.4) is 0 Å². The second-order valence-corrected chi connectivity index (χ2v) is 8.88. The predicted molar refractivity (Wildman–Crippen MR) is 117 cm³/mol. The fourth-order valence-electron chi connectivity index (χ4n) is 4.91. The molecule has 2 amide bonds. The average molecular weight is 431 g/mol. The molecule has 2 aliphatic rings. The van der Waals surface area contributed by atoms with E-state index < -0.39 is 5.91 Å². The molecule has 2 aliphatic carbocycles. The number of carbonyl (C=O) groups excluding carboxylic acids is 2. The van der Waals surface area contributed by atoms with Crippen LogP contribution in [0.5, 0.6) is 5.88 Å². The molecule has 2 aromatic heterocycles. The molecule has 32 heavy (non-hydrogen) atoms.